The van der Waals surface area contributed by atoms with Gasteiger partial charge in [-0.05, 0) is 41.9 Å². The first-order valence-corrected chi connectivity index (χ1v) is 7.79. The molecule has 0 amide bonds. The quantitative estimate of drug-likeness (QED) is 0.888. The van der Waals surface area contributed by atoms with Gasteiger partial charge >= 0.3 is 5.97 Å². The van der Waals surface area contributed by atoms with Crippen molar-refractivity contribution in [3.8, 4) is 0 Å². The standard InChI is InChI=1S/C9H12BrNO4S2/c1-6(2)11(5-8(12)13)17(14,15)9-4-3-7(10)16-9/h3-4,6H,5H2,1-2H3,(H,12,13). The normalized spacial score (nSPS) is 12.3. The van der Waals surface area contributed by atoms with Gasteiger partial charge in [0.2, 0.25) is 0 Å². The van der Waals surface area contributed by atoms with Crippen LogP contribution in [-0.4, -0.2) is 36.4 Å². The van der Waals surface area contributed by atoms with Crippen molar-refractivity contribution in [2.45, 2.75) is 24.1 Å². The molecule has 0 bridgehead atoms. The van der Waals surface area contributed by atoms with Crippen LogP contribution in [0.1, 0.15) is 13.8 Å². The molecule has 5 nitrogen and oxygen atoms in total. The lowest BCUT2D eigenvalue weighted by atomic mass is 10.4. The van der Waals surface area contributed by atoms with Gasteiger partial charge in [-0.3, -0.25) is 4.79 Å². The van der Waals surface area contributed by atoms with Gasteiger partial charge in [-0.25, -0.2) is 8.42 Å². The van der Waals surface area contributed by atoms with Gasteiger partial charge in [-0.1, -0.05) is 0 Å². The van der Waals surface area contributed by atoms with Crippen LogP contribution in [0, 0.1) is 0 Å². The van der Waals surface area contributed by atoms with Crippen LogP contribution in [0.15, 0.2) is 20.1 Å². The first-order chi connectivity index (χ1) is 7.75. The molecular weight excluding hydrogens is 330 g/mol. The molecule has 0 aliphatic rings. The third-order valence-corrected chi connectivity index (χ3v) is 6.09. The van der Waals surface area contributed by atoms with E-state index in [1.165, 1.54) is 6.07 Å². The second-order valence-corrected chi connectivity index (χ2v) is 8.18. The Hall–Kier alpha value is -0.440. The number of thiophene rings is 1. The Bertz CT molecular complexity index is 509. The molecule has 0 aromatic carbocycles. The second kappa shape index (κ2) is 5.47. The largest absolute Gasteiger partial charge is 0.480 e. The maximum absolute atomic E-state index is 12.2. The first-order valence-electron chi connectivity index (χ1n) is 4.74. The summed E-state index contributed by atoms with van der Waals surface area (Å²) in [6, 6.07) is 2.68. The Balaban J connectivity index is 3.13. The molecule has 1 aromatic rings. The van der Waals surface area contributed by atoms with Crippen LogP contribution in [-0.2, 0) is 14.8 Å². The number of halogens is 1. The highest BCUT2D eigenvalue weighted by Gasteiger charge is 2.30. The molecule has 0 saturated heterocycles. The molecule has 0 atom stereocenters. The number of sulfonamides is 1. The van der Waals surface area contributed by atoms with Gasteiger partial charge in [0.1, 0.15) is 10.8 Å². The summed E-state index contributed by atoms with van der Waals surface area (Å²) >= 11 is 4.24. The lowest BCUT2D eigenvalue weighted by Crippen LogP contribution is -2.40. The van der Waals surface area contributed by atoms with Gasteiger partial charge in [-0.15, -0.1) is 11.3 Å². The molecule has 0 aliphatic carbocycles. The summed E-state index contributed by atoms with van der Waals surface area (Å²) in [4.78, 5) is 10.7. The number of rotatable bonds is 5. The van der Waals surface area contributed by atoms with Gasteiger partial charge in [0.25, 0.3) is 10.0 Å². The highest BCUT2D eigenvalue weighted by molar-refractivity contribution is 9.11. The van der Waals surface area contributed by atoms with Gasteiger partial charge in [0, 0.05) is 6.04 Å². The molecule has 1 heterocycles. The molecule has 0 aliphatic heterocycles. The van der Waals surface area contributed by atoms with Gasteiger partial charge in [0.15, 0.2) is 0 Å². The van der Waals surface area contributed by atoms with E-state index in [1.54, 1.807) is 19.9 Å². The minimum Gasteiger partial charge on any atom is -0.480 e. The van der Waals surface area contributed by atoms with Crippen molar-refractivity contribution in [3.63, 3.8) is 0 Å². The van der Waals surface area contributed by atoms with Crippen molar-refractivity contribution >= 4 is 43.3 Å². The Morgan fingerprint density at radius 3 is 2.47 bits per heavy atom. The van der Waals surface area contributed by atoms with Crippen LogP contribution in [0.5, 0.6) is 0 Å². The Morgan fingerprint density at radius 1 is 1.53 bits per heavy atom. The maximum atomic E-state index is 12.2. The monoisotopic (exact) mass is 341 g/mol. The number of hydrogen-bond donors (Lipinski definition) is 1. The summed E-state index contributed by atoms with van der Waals surface area (Å²) in [6.45, 7) is 2.75. The second-order valence-electron chi connectivity index (χ2n) is 3.60. The van der Waals surface area contributed by atoms with Crippen molar-refractivity contribution in [2.24, 2.45) is 0 Å². The zero-order chi connectivity index (χ0) is 13.2. The first kappa shape index (κ1) is 14.6. The van der Waals surface area contributed by atoms with Crippen LogP contribution in [0.4, 0.5) is 0 Å². The molecular formula is C9H12BrNO4S2. The van der Waals surface area contributed by atoms with Crippen LogP contribution in [0.3, 0.4) is 0 Å². The average Bonchev–Trinajstić information content (AvgIpc) is 2.61. The summed E-state index contributed by atoms with van der Waals surface area (Å²) in [5.74, 6) is -1.17. The topological polar surface area (TPSA) is 74.7 Å². The minimum absolute atomic E-state index is 0.138. The molecule has 8 heteroatoms. The summed E-state index contributed by atoms with van der Waals surface area (Å²) in [5.41, 5.74) is 0. The third kappa shape index (κ3) is 3.51. The van der Waals surface area contributed by atoms with Crippen LogP contribution in [0.25, 0.3) is 0 Å². The molecule has 0 fully saturated rings. The number of nitrogens with zero attached hydrogens (tertiary/aromatic N) is 1. The van der Waals surface area contributed by atoms with Crippen molar-refractivity contribution in [1.82, 2.24) is 4.31 Å². The Kier molecular flexibility index (Phi) is 4.70. The lowest BCUT2D eigenvalue weighted by molar-refractivity contribution is -0.137. The van der Waals surface area contributed by atoms with E-state index >= 15 is 0 Å². The van der Waals surface area contributed by atoms with Gasteiger partial charge in [-0.2, -0.15) is 4.31 Å². The van der Waals surface area contributed by atoms with Crippen LogP contribution >= 0.6 is 27.3 Å². The van der Waals surface area contributed by atoms with E-state index < -0.39 is 28.6 Å². The summed E-state index contributed by atoms with van der Waals surface area (Å²) in [6.07, 6.45) is 0. The van der Waals surface area contributed by atoms with Crippen LogP contribution in [0.2, 0.25) is 0 Å². The number of carbonyl (C=O) groups is 1. The minimum atomic E-state index is -3.73. The van der Waals surface area contributed by atoms with E-state index in [-0.39, 0.29) is 4.21 Å². The fraction of sp³-hybridized carbons (Fsp3) is 0.444. The zero-order valence-corrected chi connectivity index (χ0v) is 12.5. The van der Waals surface area contributed by atoms with Crippen LogP contribution < -0.4 is 0 Å². The Labute approximate surface area is 112 Å². The smallest absolute Gasteiger partial charge is 0.318 e. The van der Waals surface area contributed by atoms with Crippen molar-refractivity contribution in [1.29, 1.82) is 0 Å². The Morgan fingerprint density at radius 2 is 2.12 bits per heavy atom. The molecule has 17 heavy (non-hydrogen) atoms. The fourth-order valence-electron chi connectivity index (χ4n) is 1.23. The van der Waals surface area contributed by atoms with Crippen molar-refractivity contribution in [2.75, 3.05) is 6.54 Å². The number of aliphatic carboxylic acids is 1. The van der Waals surface area contributed by atoms with E-state index in [0.29, 0.717) is 3.79 Å². The molecule has 0 radical (unpaired) electrons. The number of carboxylic acid groups (broad SMARTS) is 1. The average molecular weight is 342 g/mol. The molecule has 1 N–H and O–H groups in total. The van der Waals surface area contributed by atoms with E-state index in [4.69, 9.17) is 5.11 Å². The summed E-state index contributed by atoms with van der Waals surface area (Å²) < 4.78 is 26.1. The highest BCUT2D eigenvalue weighted by atomic mass is 79.9. The fourth-order valence-corrected chi connectivity index (χ4v) is 4.96. The van der Waals surface area contributed by atoms with E-state index in [9.17, 15) is 13.2 Å². The SMILES string of the molecule is CC(C)N(CC(=O)O)S(=O)(=O)c1ccc(Br)s1. The molecule has 0 saturated carbocycles. The summed E-state index contributed by atoms with van der Waals surface area (Å²) in [7, 11) is -3.73. The van der Waals surface area contributed by atoms with Gasteiger partial charge in [0.05, 0.1) is 3.79 Å². The molecule has 96 valence electrons. The van der Waals surface area contributed by atoms with E-state index in [2.05, 4.69) is 15.9 Å². The molecule has 1 rings (SSSR count). The van der Waals surface area contributed by atoms with E-state index in [1.807, 2.05) is 0 Å². The predicted molar refractivity (Wildman–Crippen MR) is 68.7 cm³/mol. The summed E-state index contributed by atoms with van der Waals surface area (Å²) in [5, 5.41) is 8.74. The molecule has 0 unspecified atom stereocenters. The molecule has 0 spiro atoms. The predicted octanol–water partition coefficient (Wildman–Crippen LogP) is 1.99. The number of hydrogen-bond acceptors (Lipinski definition) is 4. The van der Waals surface area contributed by atoms with Crippen molar-refractivity contribution in [3.05, 3.63) is 15.9 Å². The van der Waals surface area contributed by atoms with E-state index in [0.717, 1.165) is 15.6 Å². The van der Waals surface area contributed by atoms with Crippen molar-refractivity contribution < 1.29 is 18.3 Å². The molecule has 1 aromatic heterocycles. The maximum Gasteiger partial charge on any atom is 0.318 e. The van der Waals surface area contributed by atoms with Gasteiger partial charge < -0.3 is 5.11 Å². The lowest BCUT2D eigenvalue weighted by Gasteiger charge is -2.23. The number of carboxylic acids is 1. The zero-order valence-electron chi connectivity index (χ0n) is 9.25. The highest BCUT2D eigenvalue weighted by Crippen LogP contribution is 2.29. The third-order valence-electron chi connectivity index (χ3n) is 1.98.